The fourth-order valence-corrected chi connectivity index (χ4v) is 3.16. The molecular formula is C23H29Cl2N3O2. The first-order valence-electron chi connectivity index (χ1n) is 10.00. The summed E-state index contributed by atoms with van der Waals surface area (Å²) >= 11 is 12.3. The Labute approximate surface area is 188 Å². The van der Waals surface area contributed by atoms with E-state index in [0.29, 0.717) is 26.9 Å². The van der Waals surface area contributed by atoms with Crippen molar-refractivity contribution in [1.29, 1.82) is 0 Å². The number of ether oxygens (including phenoxy) is 1. The molecule has 5 nitrogen and oxygen atoms in total. The molecule has 0 spiro atoms. The topological polar surface area (TPSA) is 64.1 Å². The standard InChI is InChI=1S/C19H17Cl2N3O2.2C2H6/c1-11-6-12(7-18(25)22-2)13-4-3-5-17(19(13)24-11)26-10-14-15(20)8-23-9-16(14)21;2*1-2/h3-6,8-9H,7,10H2,1-2H3,(H,22,25);2*1-2H3. The highest BCUT2D eigenvalue weighted by atomic mass is 35.5. The highest BCUT2D eigenvalue weighted by Crippen LogP contribution is 2.30. The quantitative estimate of drug-likeness (QED) is 0.505. The average molecular weight is 450 g/mol. The lowest BCUT2D eigenvalue weighted by Crippen LogP contribution is -2.20. The molecule has 1 amide bonds. The summed E-state index contributed by atoms with van der Waals surface area (Å²) in [4.78, 5) is 20.3. The molecule has 1 N–H and O–H groups in total. The Hall–Kier alpha value is -2.37. The minimum absolute atomic E-state index is 0.0569. The van der Waals surface area contributed by atoms with Crippen molar-refractivity contribution in [2.75, 3.05) is 7.05 Å². The van der Waals surface area contributed by atoms with Gasteiger partial charge in [0, 0.05) is 36.1 Å². The van der Waals surface area contributed by atoms with E-state index in [1.165, 1.54) is 12.4 Å². The van der Waals surface area contributed by atoms with Crippen LogP contribution in [-0.4, -0.2) is 22.9 Å². The van der Waals surface area contributed by atoms with Crippen LogP contribution in [0.3, 0.4) is 0 Å². The third kappa shape index (κ3) is 6.57. The smallest absolute Gasteiger partial charge is 0.224 e. The number of hydrogen-bond donors (Lipinski definition) is 1. The van der Waals surface area contributed by atoms with Gasteiger partial charge in [0.25, 0.3) is 0 Å². The number of rotatable bonds is 5. The van der Waals surface area contributed by atoms with Gasteiger partial charge >= 0.3 is 0 Å². The Bertz CT molecular complexity index is 958. The molecule has 2 heterocycles. The first-order valence-corrected chi connectivity index (χ1v) is 10.8. The zero-order chi connectivity index (χ0) is 22.7. The minimum Gasteiger partial charge on any atom is -0.487 e. The van der Waals surface area contributed by atoms with Crippen LogP contribution in [0.15, 0.2) is 36.7 Å². The molecule has 0 radical (unpaired) electrons. The van der Waals surface area contributed by atoms with E-state index in [0.717, 1.165) is 16.6 Å². The van der Waals surface area contributed by atoms with E-state index in [4.69, 9.17) is 27.9 Å². The number of nitrogens with one attached hydrogen (secondary N) is 1. The molecule has 0 fully saturated rings. The van der Waals surface area contributed by atoms with Crippen molar-refractivity contribution in [3.63, 3.8) is 0 Å². The number of carbonyl (C=O) groups excluding carboxylic acids is 1. The van der Waals surface area contributed by atoms with Crippen molar-refractivity contribution in [2.45, 2.75) is 47.6 Å². The fourth-order valence-electron chi connectivity index (χ4n) is 2.69. The number of amides is 1. The van der Waals surface area contributed by atoms with Crippen molar-refractivity contribution in [2.24, 2.45) is 0 Å². The summed E-state index contributed by atoms with van der Waals surface area (Å²) in [5.41, 5.74) is 3.08. The largest absolute Gasteiger partial charge is 0.487 e. The zero-order valence-corrected chi connectivity index (χ0v) is 19.9. The number of benzene rings is 1. The molecule has 0 bridgehead atoms. The molecule has 0 aliphatic carbocycles. The number of likely N-dealkylation sites (N-methyl/N-ethyl adjacent to an activating group) is 1. The van der Waals surface area contributed by atoms with Crippen molar-refractivity contribution < 1.29 is 9.53 Å². The molecule has 7 heteroatoms. The molecule has 0 saturated carbocycles. The summed E-state index contributed by atoms with van der Waals surface area (Å²) < 4.78 is 5.95. The van der Waals surface area contributed by atoms with Crippen LogP contribution in [0, 0.1) is 6.92 Å². The second-order valence-electron chi connectivity index (χ2n) is 5.80. The summed E-state index contributed by atoms with van der Waals surface area (Å²) in [6, 6.07) is 7.55. The lowest BCUT2D eigenvalue weighted by Gasteiger charge is -2.13. The van der Waals surface area contributed by atoms with E-state index >= 15 is 0 Å². The molecule has 1 aromatic carbocycles. The van der Waals surface area contributed by atoms with E-state index in [2.05, 4.69) is 15.3 Å². The van der Waals surface area contributed by atoms with Crippen LogP contribution in [0.25, 0.3) is 10.9 Å². The number of fused-ring (bicyclic) bond motifs is 1. The van der Waals surface area contributed by atoms with Crippen LogP contribution < -0.4 is 10.1 Å². The first-order chi connectivity index (χ1) is 14.5. The van der Waals surface area contributed by atoms with Gasteiger partial charge < -0.3 is 10.1 Å². The number of para-hydroxylation sites is 1. The normalized spacial score (nSPS) is 9.73. The third-order valence-electron chi connectivity index (χ3n) is 3.97. The summed E-state index contributed by atoms with van der Waals surface area (Å²) in [5.74, 6) is 0.548. The van der Waals surface area contributed by atoms with Crippen LogP contribution >= 0.6 is 23.2 Å². The fraction of sp³-hybridized carbons (Fsp3) is 0.348. The summed E-state index contributed by atoms with van der Waals surface area (Å²) in [6.45, 7) is 10.1. The Morgan fingerprint density at radius 2 is 1.73 bits per heavy atom. The van der Waals surface area contributed by atoms with Gasteiger partial charge in [-0.3, -0.25) is 9.78 Å². The zero-order valence-electron chi connectivity index (χ0n) is 18.3. The highest BCUT2D eigenvalue weighted by Gasteiger charge is 2.13. The Morgan fingerprint density at radius 3 is 2.33 bits per heavy atom. The van der Waals surface area contributed by atoms with Gasteiger partial charge in [-0.2, -0.15) is 0 Å². The molecule has 0 aliphatic heterocycles. The monoisotopic (exact) mass is 449 g/mol. The lowest BCUT2D eigenvalue weighted by atomic mass is 10.0. The number of carbonyl (C=O) groups is 1. The maximum Gasteiger partial charge on any atom is 0.224 e. The lowest BCUT2D eigenvalue weighted by molar-refractivity contribution is -0.119. The maximum atomic E-state index is 11.8. The molecule has 3 aromatic rings. The molecule has 162 valence electrons. The number of halogens is 2. The first kappa shape index (κ1) is 25.7. The minimum atomic E-state index is -0.0569. The van der Waals surface area contributed by atoms with Gasteiger partial charge in [-0.1, -0.05) is 63.0 Å². The van der Waals surface area contributed by atoms with E-state index in [1.54, 1.807) is 7.05 Å². The second kappa shape index (κ2) is 13.0. The van der Waals surface area contributed by atoms with Crippen LogP contribution in [-0.2, 0) is 17.8 Å². The predicted octanol–water partition coefficient (Wildman–Crippen LogP) is 6.16. The average Bonchev–Trinajstić information content (AvgIpc) is 2.76. The Balaban J connectivity index is 0.00000106. The van der Waals surface area contributed by atoms with E-state index in [-0.39, 0.29) is 18.9 Å². The summed E-state index contributed by atoms with van der Waals surface area (Å²) in [7, 11) is 1.62. The second-order valence-corrected chi connectivity index (χ2v) is 6.61. The van der Waals surface area contributed by atoms with Crippen LogP contribution in [0.5, 0.6) is 5.75 Å². The number of pyridine rings is 2. The molecule has 30 heavy (non-hydrogen) atoms. The molecule has 2 aromatic heterocycles. The van der Waals surface area contributed by atoms with Crippen molar-refractivity contribution in [3.8, 4) is 5.75 Å². The highest BCUT2D eigenvalue weighted by molar-refractivity contribution is 6.35. The summed E-state index contributed by atoms with van der Waals surface area (Å²) in [6.07, 6.45) is 3.33. The summed E-state index contributed by atoms with van der Waals surface area (Å²) in [5, 5.41) is 4.42. The van der Waals surface area contributed by atoms with Crippen LogP contribution in [0.4, 0.5) is 0 Å². The molecular weight excluding hydrogens is 421 g/mol. The van der Waals surface area contributed by atoms with Crippen molar-refractivity contribution >= 4 is 40.0 Å². The van der Waals surface area contributed by atoms with E-state index in [9.17, 15) is 4.79 Å². The SMILES string of the molecule is CC.CC.CNC(=O)Cc1cc(C)nc2c(OCc3c(Cl)cncc3Cl)cccc12. The van der Waals surface area contributed by atoms with Gasteiger partial charge in [-0.05, 0) is 24.6 Å². The molecule has 0 saturated heterocycles. The van der Waals surface area contributed by atoms with Crippen LogP contribution in [0.2, 0.25) is 10.0 Å². The maximum absolute atomic E-state index is 11.8. The number of nitrogens with zero attached hydrogens (tertiary/aromatic N) is 2. The number of hydrogen-bond acceptors (Lipinski definition) is 4. The predicted molar refractivity (Wildman–Crippen MR) is 126 cm³/mol. The van der Waals surface area contributed by atoms with Gasteiger partial charge in [0.15, 0.2) is 0 Å². The molecule has 3 rings (SSSR count). The van der Waals surface area contributed by atoms with Crippen LogP contribution in [0.1, 0.15) is 44.5 Å². The van der Waals surface area contributed by atoms with Gasteiger partial charge in [0.1, 0.15) is 17.9 Å². The van der Waals surface area contributed by atoms with Gasteiger partial charge in [-0.25, -0.2) is 4.98 Å². The molecule has 0 aliphatic rings. The van der Waals surface area contributed by atoms with E-state index < -0.39 is 0 Å². The van der Waals surface area contributed by atoms with Crippen molar-refractivity contribution in [1.82, 2.24) is 15.3 Å². The van der Waals surface area contributed by atoms with Crippen molar-refractivity contribution in [3.05, 3.63) is 63.5 Å². The van der Waals surface area contributed by atoms with Gasteiger partial charge in [-0.15, -0.1) is 0 Å². The van der Waals surface area contributed by atoms with Gasteiger partial charge in [0.2, 0.25) is 5.91 Å². The number of aryl methyl sites for hydroxylation is 1. The Kier molecular flexibility index (Phi) is 11.2. The molecule has 0 atom stereocenters. The van der Waals surface area contributed by atoms with Gasteiger partial charge in [0.05, 0.1) is 16.5 Å². The third-order valence-corrected chi connectivity index (χ3v) is 4.62. The number of aromatic nitrogens is 2. The molecule has 0 unspecified atom stereocenters. The Morgan fingerprint density at radius 1 is 1.10 bits per heavy atom. The van der Waals surface area contributed by atoms with E-state index in [1.807, 2.05) is 58.9 Å².